The second kappa shape index (κ2) is 5.36. The Hall–Kier alpha value is -1.30. The molecule has 1 atom stereocenters. The summed E-state index contributed by atoms with van der Waals surface area (Å²) in [5.41, 5.74) is 0. The molecular weight excluding hydrogens is 166 g/mol. The highest BCUT2D eigenvalue weighted by Gasteiger charge is 2.11. The van der Waals surface area contributed by atoms with E-state index in [1.165, 1.54) is 0 Å². The zero-order valence-corrected chi connectivity index (χ0v) is 6.36. The lowest BCUT2D eigenvalue weighted by Gasteiger charge is -2.04. The summed E-state index contributed by atoms with van der Waals surface area (Å²) in [5, 5.41) is 27.1. The molecule has 0 aliphatic rings. The summed E-state index contributed by atoms with van der Waals surface area (Å²) in [6.07, 6.45) is -2.20. The van der Waals surface area contributed by atoms with Gasteiger partial charge in [0.05, 0.1) is 0 Å². The van der Waals surface area contributed by atoms with Crippen molar-refractivity contribution in [3.63, 3.8) is 0 Å². The summed E-state index contributed by atoms with van der Waals surface area (Å²) >= 11 is 0. The average Bonchev–Trinajstić information content (AvgIpc) is 1.97. The third-order valence-electron chi connectivity index (χ3n) is 1.22. The van der Waals surface area contributed by atoms with Crippen molar-refractivity contribution in [2.75, 3.05) is 6.54 Å². The van der Waals surface area contributed by atoms with Crippen molar-refractivity contribution >= 4 is 12.1 Å². The number of amides is 1. The first-order chi connectivity index (χ1) is 5.54. The van der Waals surface area contributed by atoms with E-state index < -0.39 is 18.2 Å². The highest BCUT2D eigenvalue weighted by molar-refractivity contribution is 5.71. The minimum Gasteiger partial charge on any atom is -0.479 e. The number of nitrogens with one attached hydrogen (secondary N) is 1. The van der Waals surface area contributed by atoms with Gasteiger partial charge in [-0.05, 0) is 12.8 Å². The molecule has 0 rings (SSSR count). The maximum Gasteiger partial charge on any atom is 0.404 e. The average molecular weight is 177 g/mol. The van der Waals surface area contributed by atoms with E-state index in [9.17, 15) is 9.59 Å². The van der Waals surface area contributed by atoms with Crippen LogP contribution < -0.4 is 5.32 Å². The molecule has 4 N–H and O–H groups in total. The van der Waals surface area contributed by atoms with Gasteiger partial charge in [0.15, 0.2) is 6.10 Å². The van der Waals surface area contributed by atoms with Crippen LogP contribution in [0.25, 0.3) is 0 Å². The third-order valence-corrected chi connectivity index (χ3v) is 1.22. The lowest BCUT2D eigenvalue weighted by Crippen LogP contribution is -2.25. The fourth-order valence-corrected chi connectivity index (χ4v) is 0.614. The summed E-state index contributed by atoms with van der Waals surface area (Å²) in [6, 6.07) is 0. The Morgan fingerprint density at radius 2 is 1.92 bits per heavy atom. The van der Waals surface area contributed by atoms with Crippen LogP contribution in [0, 0.1) is 0 Å². The summed E-state index contributed by atoms with van der Waals surface area (Å²) in [6.45, 7) is 0.152. The number of rotatable bonds is 5. The predicted molar refractivity (Wildman–Crippen MR) is 38.9 cm³/mol. The highest BCUT2D eigenvalue weighted by Crippen LogP contribution is 1.95. The fourth-order valence-electron chi connectivity index (χ4n) is 0.614. The molecule has 0 aromatic rings. The van der Waals surface area contributed by atoms with Gasteiger partial charge in [0.2, 0.25) is 0 Å². The topological polar surface area (TPSA) is 107 Å². The van der Waals surface area contributed by atoms with Crippen LogP contribution in [0.1, 0.15) is 12.8 Å². The van der Waals surface area contributed by atoms with Gasteiger partial charge in [-0.25, -0.2) is 9.59 Å². The number of carboxylic acids is 1. The molecule has 0 aliphatic heterocycles. The molecule has 0 radical (unpaired) electrons. The number of hydrogen-bond acceptors (Lipinski definition) is 3. The van der Waals surface area contributed by atoms with Crippen molar-refractivity contribution in [2.24, 2.45) is 0 Å². The fraction of sp³-hybridized carbons (Fsp3) is 0.667. The van der Waals surface area contributed by atoms with Gasteiger partial charge in [0.25, 0.3) is 0 Å². The Balaban J connectivity index is 3.31. The Morgan fingerprint density at radius 3 is 2.33 bits per heavy atom. The standard InChI is InChI=1S/C6H11NO5/c8-4(5(9)10)2-1-3-7-6(11)12/h4,7-8H,1-3H2,(H,9,10)(H,11,12). The molecule has 1 unspecified atom stereocenters. The second-order valence-corrected chi connectivity index (χ2v) is 2.23. The van der Waals surface area contributed by atoms with Crippen LogP contribution in [0.5, 0.6) is 0 Å². The minimum absolute atomic E-state index is 0.0512. The molecule has 0 saturated carbocycles. The molecular formula is C6H11NO5. The van der Waals surface area contributed by atoms with Gasteiger partial charge in [-0.1, -0.05) is 0 Å². The second-order valence-electron chi connectivity index (χ2n) is 2.23. The SMILES string of the molecule is O=C(O)NCCCC(O)C(=O)O. The number of hydrogen-bond donors (Lipinski definition) is 4. The van der Waals surface area contributed by atoms with Crippen molar-refractivity contribution in [3.05, 3.63) is 0 Å². The Labute approximate surface area is 68.8 Å². The maximum atomic E-state index is 10.0. The smallest absolute Gasteiger partial charge is 0.404 e. The number of carbonyl (C=O) groups is 2. The highest BCUT2D eigenvalue weighted by atomic mass is 16.4. The molecule has 70 valence electrons. The number of aliphatic hydroxyl groups excluding tert-OH is 1. The van der Waals surface area contributed by atoms with Gasteiger partial charge in [0, 0.05) is 6.54 Å². The minimum atomic E-state index is -1.40. The first-order valence-electron chi connectivity index (χ1n) is 3.41. The number of aliphatic hydroxyl groups is 1. The van der Waals surface area contributed by atoms with Crippen LogP contribution in [0.2, 0.25) is 0 Å². The van der Waals surface area contributed by atoms with E-state index in [1.54, 1.807) is 0 Å². The van der Waals surface area contributed by atoms with Crippen LogP contribution in [0.3, 0.4) is 0 Å². The van der Waals surface area contributed by atoms with Crippen LogP contribution in [-0.2, 0) is 4.79 Å². The molecule has 12 heavy (non-hydrogen) atoms. The molecule has 0 aromatic heterocycles. The van der Waals surface area contributed by atoms with Gasteiger partial charge in [0.1, 0.15) is 0 Å². The summed E-state index contributed by atoms with van der Waals surface area (Å²) in [7, 11) is 0. The molecule has 6 heteroatoms. The zero-order valence-electron chi connectivity index (χ0n) is 6.36. The summed E-state index contributed by atoms with van der Waals surface area (Å²) in [5.74, 6) is -1.29. The van der Waals surface area contributed by atoms with Gasteiger partial charge in [-0.2, -0.15) is 0 Å². The molecule has 0 aliphatic carbocycles. The van der Waals surface area contributed by atoms with Gasteiger partial charge < -0.3 is 20.6 Å². The van der Waals surface area contributed by atoms with Crippen molar-refractivity contribution in [3.8, 4) is 0 Å². The van der Waals surface area contributed by atoms with E-state index in [4.69, 9.17) is 15.3 Å². The van der Waals surface area contributed by atoms with E-state index in [0.29, 0.717) is 6.42 Å². The number of aliphatic carboxylic acids is 1. The van der Waals surface area contributed by atoms with Gasteiger partial charge >= 0.3 is 12.1 Å². The molecule has 0 aromatic carbocycles. The Morgan fingerprint density at radius 1 is 1.33 bits per heavy atom. The molecule has 6 nitrogen and oxygen atoms in total. The maximum absolute atomic E-state index is 10.0. The van der Waals surface area contributed by atoms with E-state index >= 15 is 0 Å². The molecule has 0 spiro atoms. The molecule has 0 saturated heterocycles. The normalized spacial score (nSPS) is 12.1. The van der Waals surface area contributed by atoms with Gasteiger partial charge in [-0.3, -0.25) is 0 Å². The quantitative estimate of drug-likeness (QED) is 0.423. The molecule has 0 fully saturated rings. The zero-order chi connectivity index (χ0) is 9.56. The van der Waals surface area contributed by atoms with Crippen molar-refractivity contribution in [1.82, 2.24) is 5.32 Å². The lowest BCUT2D eigenvalue weighted by molar-refractivity contribution is -0.146. The summed E-state index contributed by atoms with van der Waals surface area (Å²) < 4.78 is 0. The van der Waals surface area contributed by atoms with Crippen LogP contribution in [0.15, 0.2) is 0 Å². The van der Waals surface area contributed by atoms with Crippen LogP contribution >= 0.6 is 0 Å². The Kier molecular flexibility index (Phi) is 4.78. The van der Waals surface area contributed by atoms with Gasteiger partial charge in [-0.15, -0.1) is 0 Å². The van der Waals surface area contributed by atoms with Crippen LogP contribution in [-0.4, -0.2) is 40.0 Å². The van der Waals surface area contributed by atoms with Crippen molar-refractivity contribution in [2.45, 2.75) is 18.9 Å². The van der Waals surface area contributed by atoms with Crippen molar-refractivity contribution in [1.29, 1.82) is 0 Å². The first-order valence-corrected chi connectivity index (χ1v) is 3.41. The molecule has 1 amide bonds. The summed E-state index contributed by atoms with van der Waals surface area (Å²) in [4.78, 5) is 19.9. The van der Waals surface area contributed by atoms with Crippen LogP contribution in [0.4, 0.5) is 4.79 Å². The largest absolute Gasteiger partial charge is 0.479 e. The molecule has 0 heterocycles. The monoisotopic (exact) mass is 177 g/mol. The van der Waals surface area contributed by atoms with E-state index in [0.717, 1.165) is 0 Å². The molecule has 0 bridgehead atoms. The van der Waals surface area contributed by atoms with E-state index in [2.05, 4.69) is 5.32 Å². The Bertz CT molecular complexity index is 169. The van der Waals surface area contributed by atoms with E-state index in [-0.39, 0.29) is 13.0 Å². The number of carboxylic acid groups (broad SMARTS) is 2. The van der Waals surface area contributed by atoms with E-state index in [1.807, 2.05) is 0 Å². The predicted octanol–water partition coefficient (Wildman–Crippen LogP) is -0.520. The lowest BCUT2D eigenvalue weighted by atomic mass is 10.2. The van der Waals surface area contributed by atoms with Crippen molar-refractivity contribution < 1.29 is 24.9 Å². The first kappa shape index (κ1) is 10.7. The third kappa shape index (κ3) is 5.48.